The molecule has 6 heteroatoms. The number of benzene rings is 2. The Hall–Kier alpha value is -3.90. The second kappa shape index (κ2) is 10.1. The summed E-state index contributed by atoms with van der Waals surface area (Å²) in [7, 11) is 0. The van der Waals surface area contributed by atoms with Crippen LogP contribution < -0.4 is 5.56 Å². The topological polar surface area (TPSA) is 75.7 Å². The molecule has 0 fully saturated rings. The number of aliphatic hydroxyl groups excluding tert-OH is 1. The van der Waals surface area contributed by atoms with Gasteiger partial charge in [-0.15, -0.1) is 0 Å². The van der Waals surface area contributed by atoms with Crippen molar-refractivity contribution in [1.29, 1.82) is 0 Å². The second-order valence-corrected chi connectivity index (χ2v) is 8.03. The SMILES string of the molecule is Cc1cccc(C(O)CN(Cc2ccccc2)C(=O)c2ccc(Cn3ccccc3=O)o2)c1. The van der Waals surface area contributed by atoms with E-state index in [1.54, 1.807) is 35.4 Å². The maximum Gasteiger partial charge on any atom is 0.289 e. The molecule has 0 saturated heterocycles. The van der Waals surface area contributed by atoms with Gasteiger partial charge in [0.25, 0.3) is 11.5 Å². The minimum atomic E-state index is -0.838. The molecule has 1 unspecified atom stereocenters. The van der Waals surface area contributed by atoms with Crippen molar-refractivity contribution < 1.29 is 14.3 Å². The smallest absolute Gasteiger partial charge is 0.289 e. The molecule has 2 aromatic heterocycles. The lowest BCUT2D eigenvalue weighted by atomic mass is 10.1. The number of pyridine rings is 1. The molecule has 2 heterocycles. The third-order valence-corrected chi connectivity index (χ3v) is 5.42. The Bertz CT molecular complexity index is 1280. The zero-order valence-electron chi connectivity index (χ0n) is 18.4. The number of aliphatic hydroxyl groups is 1. The van der Waals surface area contributed by atoms with Gasteiger partial charge in [0, 0.05) is 18.8 Å². The van der Waals surface area contributed by atoms with E-state index < -0.39 is 6.10 Å². The predicted octanol–water partition coefficient (Wildman–Crippen LogP) is 4.17. The first-order valence-corrected chi connectivity index (χ1v) is 10.8. The zero-order valence-corrected chi connectivity index (χ0v) is 18.4. The summed E-state index contributed by atoms with van der Waals surface area (Å²) in [5.41, 5.74) is 2.60. The Kier molecular flexibility index (Phi) is 6.86. The number of carbonyl (C=O) groups excluding carboxylic acids is 1. The van der Waals surface area contributed by atoms with Gasteiger partial charge < -0.3 is 19.0 Å². The van der Waals surface area contributed by atoms with E-state index >= 15 is 0 Å². The van der Waals surface area contributed by atoms with Crippen LogP contribution in [0.5, 0.6) is 0 Å². The maximum atomic E-state index is 13.4. The molecule has 4 aromatic rings. The number of aromatic nitrogens is 1. The molecule has 0 spiro atoms. The third kappa shape index (κ3) is 5.67. The van der Waals surface area contributed by atoms with E-state index in [4.69, 9.17) is 4.42 Å². The highest BCUT2D eigenvalue weighted by atomic mass is 16.4. The summed E-state index contributed by atoms with van der Waals surface area (Å²) in [6.45, 7) is 2.64. The molecule has 0 bridgehead atoms. The summed E-state index contributed by atoms with van der Waals surface area (Å²) in [5.74, 6) is 0.351. The van der Waals surface area contributed by atoms with Gasteiger partial charge in [-0.2, -0.15) is 0 Å². The van der Waals surface area contributed by atoms with Crippen LogP contribution in [0, 0.1) is 6.92 Å². The fourth-order valence-corrected chi connectivity index (χ4v) is 3.71. The summed E-state index contributed by atoms with van der Waals surface area (Å²) in [5, 5.41) is 10.9. The van der Waals surface area contributed by atoms with E-state index in [0.29, 0.717) is 12.3 Å². The van der Waals surface area contributed by atoms with Crippen LogP contribution in [0.15, 0.2) is 100 Å². The standard InChI is InChI=1S/C27H26N2O4/c1-20-8-7-11-22(16-20)24(30)19-29(17-21-9-3-2-4-10-21)27(32)25-14-13-23(33-25)18-28-15-6-5-12-26(28)31/h2-16,24,30H,17-19H2,1H3. The first kappa shape index (κ1) is 22.3. The molecule has 1 amide bonds. The van der Waals surface area contributed by atoms with Gasteiger partial charge in [0.05, 0.1) is 19.2 Å². The van der Waals surface area contributed by atoms with E-state index in [1.807, 2.05) is 61.5 Å². The summed E-state index contributed by atoms with van der Waals surface area (Å²) < 4.78 is 7.31. The molecular formula is C27H26N2O4. The van der Waals surface area contributed by atoms with Crippen molar-refractivity contribution in [2.24, 2.45) is 0 Å². The number of hydrogen-bond donors (Lipinski definition) is 1. The molecule has 1 atom stereocenters. The second-order valence-electron chi connectivity index (χ2n) is 8.03. The number of nitrogens with zero attached hydrogens (tertiary/aromatic N) is 2. The first-order valence-electron chi connectivity index (χ1n) is 10.8. The van der Waals surface area contributed by atoms with Gasteiger partial charge in [-0.1, -0.05) is 66.2 Å². The van der Waals surface area contributed by atoms with Gasteiger partial charge in [-0.25, -0.2) is 0 Å². The third-order valence-electron chi connectivity index (χ3n) is 5.42. The van der Waals surface area contributed by atoms with Crippen LogP contribution >= 0.6 is 0 Å². The number of hydrogen-bond acceptors (Lipinski definition) is 4. The summed E-state index contributed by atoms with van der Waals surface area (Å²) >= 11 is 0. The van der Waals surface area contributed by atoms with E-state index in [1.165, 1.54) is 10.6 Å². The molecule has 0 aliphatic rings. The lowest BCUT2D eigenvalue weighted by Crippen LogP contribution is -2.34. The highest BCUT2D eigenvalue weighted by Gasteiger charge is 2.23. The van der Waals surface area contributed by atoms with Crippen molar-refractivity contribution in [3.8, 4) is 0 Å². The number of aryl methyl sites for hydroxylation is 1. The Morgan fingerprint density at radius 3 is 2.55 bits per heavy atom. The molecule has 0 radical (unpaired) electrons. The average molecular weight is 443 g/mol. The van der Waals surface area contributed by atoms with Crippen molar-refractivity contribution in [2.45, 2.75) is 26.1 Å². The highest BCUT2D eigenvalue weighted by Crippen LogP contribution is 2.20. The summed E-state index contributed by atoms with van der Waals surface area (Å²) in [6, 6.07) is 25.5. The quantitative estimate of drug-likeness (QED) is 0.444. The van der Waals surface area contributed by atoms with E-state index in [9.17, 15) is 14.7 Å². The van der Waals surface area contributed by atoms with Gasteiger partial charge in [0.1, 0.15) is 5.76 Å². The van der Waals surface area contributed by atoms with Gasteiger partial charge in [-0.3, -0.25) is 9.59 Å². The summed E-state index contributed by atoms with van der Waals surface area (Å²) in [4.78, 5) is 26.9. The van der Waals surface area contributed by atoms with Gasteiger partial charge in [0.2, 0.25) is 0 Å². The predicted molar refractivity (Wildman–Crippen MR) is 126 cm³/mol. The van der Waals surface area contributed by atoms with Gasteiger partial charge >= 0.3 is 0 Å². The van der Waals surface area contributed by atoms with Crippen LogP contribution in [0.25, 0.3) is 0 Å². The molecular weight excluding hydrogens is 416 g/mol. The minimum Gasteiger partial charge on any atom is -0.454 e. The van der Waals surface area contributed by atoms with Crippen molar-refractivity contribution in [1.82, 2.24) is 9.47 Å². The molecule has 4 rings (SSSR count). The Labute approximate surface area is 192 Å². The molecule has 0 aliphatic carbocycles. The van der Waals surface area contributed by atoms with Crippen molar-refractivity contribution in [2.75, 3.05) is 6.54 Å². The van der Waals surface area contributed by atoms with E-state index in [-0.39, 0.29) is 30.3 Å². The number of carbonyl (C=O) groups is 1. The molecule has 6 nitrogen and oxygen atoms in total. The van der Waals surface area contributed by atoms with Crippen molar-refractivity contribution in [3.63, 3.8) is 0 Å². The molecule has 0 saturated carbocycles. The average Bonchev–Trinajstić information content (AvgIpc) is 3.29. The van der Waals surface area contributed by atoms with Crippen LogP contribution in [-0.2, 0) is 13.1 Å². The Morgan fingerprint density at radius 2 is 1.79 bits per heavy atom. The lowest BCUT2D eigenvalue weighted by molar-refractivity contribution is 0.0572. The molecule has 1 N–H and O–H groups in total. The van der Waals surface area contributed by atoms with Crippen LogP contribution in [-0.4, -0.2) is 27.0 Å². The number of rotatable bonds is 8. The Balaban J connectivity index is 1.56. The summed E-state index contributed by atoms with van der Waals surface area (Å²) in [6.07, 6.45) is 0.835. The Morgan fingerprint density at radius 1 is 1.00 bits per heavy atom. The fraction of sp³-hybridized carbons (Fsp3) is 0.185. The van der Waals surface area contributed by atoms with Crippen LogP contribution in [0.2, 0.25) is 0 Å². The van der Waals surface area contributed by atoms with Gasteiger partial charge in [-0.05, 0) is 36.2 Å². The van der Waals surface area contributed by atoms with Crippen molar-refractivity contribution in [3.05, 3.63) is 130 Å². The lowest BCUT2D eigenvalue weighted by Gasteiger charge is -2.25. The zero-order chi connectivity index (χ0) is 23.2. The number of amides is 1. The molecule has 33 heavy (non-hydrogen) atoms. The molecule has 168 valence electrons. The van der Waals surface area contributed by atoms with E-state index in [0.717, 1.165) is 16.7 Å². The molecule has 2 aromatic carbocycles. The van der Waals surface area contributed by atoms with Crippen LogP contribution in [0.1, 0.15) is 39.1 Å². The normalized spacial score (nSPS) is 11.8. The first-order chi connectivity index (χ1) is 16.0. The highest BCUT2D eigenvalue weighted by molar-refractivity contribution is 5.91. The minimum absolute atomic E-state index is 0.116. The van der Waals surface area contributed by atoms with Crippen LogP contribution in [0.4, 0.5) is 0 Å². The number of furan rings is 1. The van der Waals surface area contributed by atoms with Crippen LogP contribution in [0.3, 0.4) is 0 Å². The monoisotopic (exact) mass is 442 g/mol. The van der Waals surface area contributed by atoms with Gasteiger partial charge in [0.15, 0.2) is 5.76 Å². The van der Waals surface area contributed by atoms with Crippen molar-refractivity contribution >= 4 is 5.91 Å². The maximum absolute atomic E-state index is 13.4. The molecule has 0 aliphatic heterocycles. The fourth-order valence-electron chi connectivity index (χ4n) is 3.71. The van der Waals surface area contributed by atoms with E-state index in [2.05, 4.69) is 0 Å². The largest absolute Gasteiger partial charge is 0.454 e.